The van der Waals surface area contributed by atoms with Gasteiger partial charge in [0.1, 0.15) is 0 Å². The number of carboxylic acid groups (broad SMARTS) is 1. The third kappa shape index (κ3) is 2.35. The van der Waals surface area contributed by atoms with Gasteiger partial charge in [0.05, 0.1) is 11.8 Å². The van der Waals surface area contributed by atoms with Gasteiger partial charge >= 0.3 is 5.97 Å². The van der Waals surface area contributed by atoms with E-state index in [0.717, 1.165) is 12.8 Å². The summed E-state index contributed by atoms with van der Waals surface area (Å²) in [5.74, 6) is -1.77. The third-order valence-electron chi connectivity index (χ3n) is 3.47. The van der Waals surface area contributed by atoms with Crippen LogP contribution in [0.2, 0.25) is 0 Å². The van der Waals surface area contributed by atoms with Gasteiger partial charge in [-0.2, -0.15) is 0 Å². The molecule has 0 aromatic heterocycles. The van der Waals surface area contributed by atoms with Crippen molar-refractivity contribution in [2.24, 2.45) is 11.8 Å². The Labute approximate surface area is 94.2 Å². The Kier molecular flexibility index (Phi) is 2.88. The second kappa shape index (κ2) is 4.05. The van der Waals surface area contributed by atoms with Crippen molar-refractivity contribution >= 4 is 11.9 Å². The van der Waals surface area contributed by atoms with E-state index in [0.29, 0.717) is 19.6 Å². The van der Waals surface area contributed by atoms with E-state index in [2.05, 4.69) is 5.32 Å². The van der Waals surface area contributed by atoms with Crippen molar-refractivity contribution in [3.05, 3.63) is 0 Å². The summed E-state index contributed by atoms with van der Waals surface area (Å²) in [6.07, 6.45) is 2.07. The standard InChI is InChI=1S/C11H17NO4/c1-11(2-4-16-5-3-11)12-9(13)7-6-8(7)10(14)15/h7-8H,2-6H2,1H3,(H,12,13)(H,14,15)/t7-,8+/m1/s1. The molecule has 1 aliphatic heterocycles. The van der Waals surface area contributed by atoms with Gasteiger partial charge in [0.2, 0.25) is 5.91 Å². The summed E-state index contributed by atoms with van der Waals surface area (Å²) in [7, 11) is 0. The van der Waals surface area contributed by atoms with Gasteiger partial charge in [0, 0.05) is 18.8 Å². The number of rotatable bonds is 3. The number of aliphatic carboxylic acids is 1. The fraction of sp³-hybridized carbons (Fsp3) is 0.818. The summed E-state index contributed by atoms with van der Waals surface area (Å²) in [5.41, 5.74) is -0.221. The van der Waals surface area contributed by atoms with Crippen molar-refractivity contribution in [3.63, 3.8) is 0 Å². The highest BCUT2D eigenvalue weighted by Gasteiger charge is 2.49. The fourth-order valence-corrected chi connectivity index (χ4v) is 2.09. The molecule has 1 amide bonds. The first-order valence-corrected chi connectivity index (χ1v) is 5.64. The Morgan fingerprint density at radius 3 is 2.44 bits per heavy atom. The number of nitrogens with one attached hydrogen (secondary N) is 1. The molecular weight excluding hydrogens is 210 g/mol. The van der Waals surface area contributed by atoms with Crippen molar-refractivity contribution in [1.29, 1.82) is 0 Å². The molecule has 2 fully saturated rings. The molecule has 2 aliphatic rings. The zero-order chi connectivity index (χ0) is 11.8. The molecule has 0 aromatic carbocycles. The van der Waals surface area contributed by atoms with Crippen molar-refractivity contribution in [2.45, 2.75) is 31.7 Å². The molecule has 2 N–H and O–H groups in total. The smallest absolute Gasteiger partial charge is 0.307 e. The maximum Gasteiger partial charge on any atom is 0.307 e. The Morgan fingerprint density at radius 1 is 1.31 bits per heavy atom. The van der Waals surface area contributed by atoms with E-state index in [1.807, 2.05) is 6.92 Å². The van der Waals surface area contributed by atoms with Crippen LogP contribution < -0.4 is 5.32 Å². The monoisotopic (exact) mass is 227 g/mol. The molecule has 1 heterocycles. The summed E-state index contributed by atoms with van der Waals surface area (Å²) in [6.45, 7) is 3.30. The number of hydrogen-bond donors (Lipinski definition) is 2. The molecule has 2 rings (SSSR count). The number of carbonyl (C=O) groups excluding carboxylic acids is 1. The van der Waals surface area contributed by atoms with Crippen molar-refractivity contribution in [3.8, 4) is 0 Å². The minimum Gasteiger partial charge on any atom is -0.481 e. The van der Waals surface area contributed by atoms with Crippen LogP contribution in [0, 0.1) is 11.8 Å². The zero-order valence-electron chi connectivity index (χ0n) is 9.36. The average molecular weight is 227 g/mol. The van der Waals surface area contributed by atoms with E-state index >= 15 is 0 Å². The minimum absolute atomic E-state index is 0.114. The quantitative estimate of drug-likeness (QED) is 0.731. The Bertz CT molecular complexity index is 309. The van der Waals surface area contributed by atoms with Crippen LogP contribution in [0.3, 0.4) is 0 Å². The molecule has 0 spiro atoms. The fourth-order valence-electron chi connectivity index (χ4n) is 2.09. The summed E-state index contributed by atoms with van der Waals surface area (Å²) >= 11 is 0. The lowest BCUT2D eigenvalue weighted by Gasteiger charge is -2.34. The average Bonchev–Trinajstić information content (AvgIpc) is 2.97. The van der Waals surface area contributed by atoms with Crippen LogP contribution >= 0.6 is 0 Å². The van der Waals surface area contributed by atoms with Gasteiger partial charge in [-0.25, -0.2) is 0 Å². The van der Waals surface area contributed by atoms with Crippen molar-refractivity contribution in [1.82, 2.24) is 5.32 Å². The number of ether oxygens (including phenoxy) is 1. The first kappa shape index (κ1) is 11.4. The first-order valence-electron chi connectivity index (χ1n) is 5.64. The summed E-state index contributed by atoms with van der Waals surface area (Å²) in [5, 5.41) is 11.7. The second-order valence-electron chi connectivity index (χ2n) is 4.95. The molecule has 0 radical (unpaired) electrons. The van der Waals surface area contributed by atoms with Crippen molar-refractivity contribution in [2.75, 3.05) is 13.2 Å². The van der Waals surface area contributed by atoms with E-state index in [4.69, 9.17) is 9.84 Å². The minimum atomic E-state index is -0.864. The van der Waals surface area contributed by atoms with Crippen molar-refractivity contribution < 1.29 is 19.4 Å². The topological polar surface area (TPSA) is 75.6 Å². The normalized spacial score (nSPS) is 31.8. The molecular formula is C11H17NO4. The van der Waals surface area contributed by atoms with Gasteiger partial charge in [-0.15, -0.1) is 0 Å². The number of carbonyl (C=O) groups is 2. The molecule has 0 unspecified atom stereocenters. The van der Waals surface area contributed by atoms with E-state index in [-0.39, 0.29) is 17.4 Å². The van der Waals surface area contributed by atoms with E-state index in [1.165, 1.54) is 0 Å². The number of hydrogen-bond acceptors (Lipinski definition) is 3. The summed E-state index contributed by atoms with van der Waals surface area (Å²) < 4.78 is 5.24. The predicted octanol–water partition coefficient (Wildman–Crippen LogP) is 0.392. The van der Waals surface area contributed by atoms with Crippen LogP contribution in [-0.2, 0) is 14.3 Å². The number of carboxylic acids is 1. The highest BCUT2D eigenvalue weighted by Crippen LogP contribution is 2.39. The van der Waals surface area contributed by atoms with Crippen LogP contribution in [0.25, 0.3) is 0 Å². The molecule has 1 saturated carbocycles. The lowest BCUT2D eigenvalue weighted by atomic mass is 9.92. The molecule has 0 aromatic rings. The van der Waals surface area contributed by atoms with E-state index < -0.39 is 11.9 Å². The van der Waals surface area contributed by atoms with Crippen LogP contribution in [0.1, 0.15) is 26.2 Å². The van der Waals surface area contributed by atoms with E-state index in [9.17, 15) is 9.59 Å². The largest absolute Gasteiger partial charge is 0.481 e. The molecule has 1 aliphatic carbocycles. The van der Waals surface area contributed by atoms with Crippen LogP contribution in [0.4, 0.5) is 0 Å². The van der Waals surface area contributed by atoms with Crippen LogP contribution in [0.5, 0.6) is 0 Å². The highest BCUT2D eigenvalue weighted by molar-refractivity contribution is 5.89. The van der Waals surface area contributed by atoms with Gasteiger partial charge in [0.25, 0.3) is 0 Å². The second-order valence-corrected chi connectivity index (χ2v) is 4.95. The molecule has 1 saturated heterocycles. The zero-order valence-corrected chi connectivity index (χ0v) is 9.36. The summed E-state index contributed by atoms with van der Waals surface area (Å²) in [4.78, 5) is 22.4. The maximum absolute atomic E-state index is 11.8. The molecule has 0 bridgehead atoms. The molecule has 16 heavy (non-hydrogen) atoms. The molecule has 90 valence electrons. The summed E-state index contributed by atoms with van der Waals surface area (Å²) in [6, 6.07) is 0. The molecule has 5 heteroatoms. The predicted molar refractivity (Wildman–Crippen MR) is 55.8 cm³/mol. The van der Waals surface area contributed by atoms with Gasteiger partial charge < -0.3 is 15.2 Å². The van der Waals surface area contributed by atoms with Crippen LogP contribution in [-0.4, -0.2) is 35.7 Å². The third-order valence-corrected chi connectivity index (χ3v) is 3.47. The Hall–Kier alpha value is -1.10. The van der Waals surface area contributed by atoms with Gasteiger partial charge in [-0.1, -0.05) is 0 Å². The van der Waals surface area contributed by atoms with Gasteiger partial charge in [0.15, 0.2) is 0 Å². The SMILES string of the molecule is CC1(NC(=O)[C@@H]2C[C@@H]2C(=O)O)CCOCC1. The Balaban J connectivity index is 1.85. The number of amides is 1. The lowest BCUT2D eigenvalue weighted by molar-refractivity contribution is -0.140. The lowest BCUT2D eigenvalue weighted by Crippen LogP contribution is -2.50. The first-order chi connectivity index (χ1) is 7.52. The Morgan fingerprint density at radius 2 is 1.94 bits per heavy atom. The van der Waals surface area contributed by atoms with E-state index in [1.54, 1.807) is 0 Å². The maximum atomic E-state index is 11.8. The molecule has 2 atom stereocenters. The van der Waals surface area contributed by atoms with Crippen LogP contribution in [0.15, 0.2) is 0 Å². The highest BCUT2D eigenvalue weighted by atomic mass is 16.5. The van der Waals surface area contributed by atoms with Gasteiger partial charge in [-0.05, 0) is 26.2 Å². The molecule has 5 nitrogen and oxygen atoms in total. The van der Waals surface area contributed by atoms with Gasteiger partial charge in [-0.3, -0.25) is 9.59 Å².